The molecule has 0 saturated heterocycles. The Labute approximate surface area is 154 Å². The topological polar surface area (TPSA) is 89.8 Å². The molecule has 1 aromatic carbocycles. The number of ether oxygens (including phenoxy) is 1. The average molecular weight is 374 g/mol. The second-order valence-electron chi connectivity index (χ2n) is 5.97. The second kappa shape index (κ2) is 7.25. The van der Waals surface area contributed by atoms with Crippen LogP contribution in [0, 0.1) is 10.1 Å². The molecule has 0 N–H and O–H groups in total. The number of nitro benzene ring substituents is 1. The first-order valence-corrected chi connectivity index (χ1v) is 9.14. The van der Waals surface area contributed by atoms with E-state index in [1.165, 1.54) is 17.0 Å². The highest BCUT2D eigenvalue weighted by Crippen LogP contribution is 2.34. The van der Waals surface area contributed by atoms with Gasteiger partial charge in [-0.2, -0.15) is 0 Å². The van der Waals surface area contributed by atoms with Crippen molar-refractivity contribution in [3.63, 3.8) is 0 Å². The van der Waals surface area contributed by atoms with E-state index in [0.717, 1.165) is 18.1 Å². The summed E-state index contributed by atoms with van der Waals surface area (Å²) in [7, 11) is 0. The van der Waals surface area contributed by atoms with Gasteiger partial charge < -0.3 is 9.64 Å². The highest BCUT2D eigenvalue weighted by atomic mass is 32.1. The molecule has 1 atom stereocenters. The van der Waals surface area contributed by atoms with Crippen molar-refractivity contribution in [2.24, 2.45) is 0 Å². The van der Waals surface area contributed by atoms with Crippen molar-refractivity contribution in [1.82, 2.24) is 4.90 Å². The number of non-ortho nitro benzene ring substituents is 1. The van der Waals surface area contributed by atoms with Crippen molar-refractivity contribution < 1.29 is 19.2 Å². The second-order valence-corrected chi connectivity index (χ2v) is 6.97. The molecule has 1 aliphatic heterocycles. The minimum absolute atomic E-state index is 0.00489. The Kier molecular flexibility index (Phi) is 5.03. The van der Waals surface area contributed by atoms with Gasteiger partial charge in [0.1, 0.15) is 0 Å². The third-order valence-electron chi connectivity index (χ3n) is 4.42. The molecule has 0 bridgehead atoms. The van der Waals surface area contributed by atoms with Crippen LogP contribution in [0.15, 0.2) is 29.6 Å². The predicted molar refractivity (Wildman–Crippen MR) is 96.5 cm³/mol. The Morgan fingerprint density at radius 1 is 1.35 bits per heavy atom. The van der Waals surface area contributed by atoms with Gasteiger partial charge in [-0.05, 0) is 43.3 Å². The molecule has 2 aromatic rings. The van der Waals surface area contributed by atoms with Crippen molar-refractivity contribution >= 4 is 28.9 Å². The van der Waals surface area contributed by atoms with Crippen LogP contribution in [0.4, 0.5) is 5.69 Å². The van der Waals surface area contributed by atoms with Crippen molar-refractivity contribution in [2.45, 2.75) is 26.3 Å². The molecule has 0 spiro atoms. The van der Waals surface area contributed by atoms with Crippen molar-refractivity contribution in [1.29, 1.82) is 0 Å². The Hall–Kier alpha value is -2.74. The number of hydrogen-bond donors (Lipinski definition) is 0. The first-order valence-electron chi connectivity index (χ1n) is 8.26. The quantitative estimate of drug-likeness (QED) is 0.463. The van der Waals surface area contributed by atoms with Gasteiger partial charge in [-0.15, -0.1) is 11.3 Å². The number of nitrogens with zero attached hydrogens (tertiary/aromatic N) is 2. The van der Waals surface area contributed by atoms with Gasteiger partial charge in [0, 0.05) is 29.1 Å². The number of carbonyl (C=O) groups is 2. The first kappa shape index (κ1) is 18.1. The Morgan fingerprint density at radius 2 is 2.08 bits per heavy atom. The van der Waals surface area contributed by atoms with Gasteiger partial charge in [0.25, 0.3) is 11.6 Å². The summed E-state index contributed by atoms with van der Waals surface area (Å²) in [6.45, 7) is 4.27. The van der Waals surface area contributed by atoms with Crippen molar-refractivity contribution in [3.05, 3.63) is 61.3 Å². The van der Waals surface area contributed by atoms with E-state index >= 15 is 0 Å². The monoisotopic (exact) mass is 374 g/mol. The average Bonchev–Trinajstić information content (AvgIpc) is 3.11. The molecule has 7 nitrogen and oxygen atoms in total. The number of rotatable bonds is 4. The summed E-state index contributed by atoms with van der Waals surface area (Å²) in [4.78, 5) is 38.5. The summed E-state index contributed by atoms with van der Waals surface area (Å²) in [5.74, 6) is -1.01. The molecule has 136 valence electrons. The lowest BCUT2D eigenvalue weighted by Gasteiger charge is -2.33. The minimum Gasteiger partial charge on any atom is -0.462 e. The van der Waals surface area contributed by atoms with E-state index in [-0.39, 0.29) is 35.4 Å². The van der Waals surface area contributed by atoms with Crippen LogP contribution in [0.1, 0.15) is 51.0 Å². The van der Waals surface area contributed by atoms with E-state index < -0.39 is 10.9 Å². The molecule has 1 amide bonds. The van der Waals surface area contributed by atoms with E-state index in [9.17, 15) is 19.7 Å². The number of fused-ring (bicyclic) bond motifs is 1. The largest absolute Gasteiger partial charge is 0.462 e. The van der Waals surface area contributed by atoms with Crippen LogP contribution < -0.4 is 0 Å². The van der Waals surface area contributed by atoms with E-state index in [1.54, 1.807) is 23.2 Å². The van der Waals surface area contributed by atoms with Crippen LogP contribution in [-0.2, 0) is 11.2 Å². The molecular formula is C18H18N2O5S. The fraction of sp³-hybridized carbons (Fsp3) is 0.333. The normalized spacial score (nSPS) is 16.1. The highest BCUT2D eigenvalue weighted by Gasteiger charge is 2.30. The van der Waals surface area contributed by atoms with Crippen LogP contribution in [-0.4, -0.2) is 34.9 Å². The number of benzene rings is 1. The van der Waals surface area contributed by atoms with Gasteiger partial charge >= 0.3 is 5.97 Å². The number of carbonyl (C=O) groups excluding carboxylic acids is 2. The zero-order valence-corrected chi connectivity index (χ0v) is 15.2. The Morgan fingerprint density at radius 3 is 2.77 bits per heavy atom. The third-order valence-corrected chi connectivity index (χ3v) is 5.42. The SMILES string of the molecule is CCOC(=O)c1cc(C(=O)N2CCc3sccc3C2C)cc([N+](=O)[O-])c1. The van der Waals surface area contributed by atoms with Crippen LogP contribution in [0.2, 0.25) is 0 Å². The number of amides is 1. The molecule has 3 rings (SSSR count). The molecular weight excluding hydrogens is 356 g/mol. The minimum atomic E-state index is -0.683. The number of nitro groups is 1. The predicted octanol–water partition coefficient (Wildman–Crippen LogP) is 3.59. The molecule has 0 fully saturated rings. The molecule has 0 radical (unpaired) electrons. The molecule has 8 heteroatoms. The van der Waals surface area contributed by atoms with Gasteiger partial charge in [0.05, 0.1) is 23.1 Å². The summed E-state index contributed by atoms with van der Waals surface area (Å²) in [5, 5.41) is 13.2. The van der Waals surface area contributed by atoms with Crippen LogP contribution in [0.25, 0.3) is 0 Å². The lowest BCUT2D eigenvalue weighted by Crippen LogP contribution is -2.38. The van der Waals surface area contributed by atoms with Crippen LogP contribution >= 0.6 is 11.3 Å². The van der Waals surface area contributed by atoms with Crippen LogP contribution in [0.5, 0.6) is 0 Å². The van der Waals surface area contributed by atoms with Gasteiger partial charge in [0.2, 0.25) is 0 Å². The lowest BCUT2D eigenvalue weighted by atomic mass is 9.99. The molecule has 2 heterocycles. The molecule has 1 aromatic heterocycles. The molecule has 1 unspecified atom stereocenters. The molecule has 26 heavy (non-hydrogen) atoms. The van der Waals surface area contributed by atoms with Gasteiger partial charge in [-0.1, -0.05) is 0 Å². The maximum Gasteiger partial charge on any atom is 0.338 e. The van der Waals surface area contributed by atoms with E-state index in [1.807, 2.05) is 18.4 Å². The lowest BCUT2D eigenvalue weighted by molar-refractivity contribution is -0.384. The Bertz CT molecular complexity index is 876. The van der Waals surface area contributed by atoms with Gasteiger partial charge in [-0.3, -0.25) is 14.9 Å². The van der Waals surface area contributed by atoms with Crippen LogP contribution in [0.3, 0.4) is 0 Å². The van der Waals surface area contributed by atoms with E-state index in [4.69, 9.17) is 4.74 Å². The number of thiophene rings is 1. The fourth-order valence-electron chi connectivity index (χ4n) is 3.13. The fourth-order valence-corrected chi connectivity index (χ4v) is 4.09. The number of esters is 1. The van der Waals surface area contributed by atoms with Gasteiger partial charge in [0.15, 0.2) is 0 Å². The van der Waals surface area contributed by atoms with Gasteiger partial charge in [-0.25, -0.2) is 4.79 Å². The summed E-state index contributed by atoms with van der Waals surface area (Å²) < 4.78 is 4.92. The summed E-state index contributed by atoms with van der Waals surface area (Å²) in [6.07, 6.45) is 0.753. The maximum absolute atomic E-state index is 13.0. The smallest absolute Gasteiger partial charge is 0.338 e. The maximum atomic E-state index is 13.0. The Balaban J connectivity index is 1.96. The number of hydrogen-bond acceptors (Lipinski definition) is 6. The van der Waals surface area contributed by atoms with E-state index in [2.05, 4.69) is 0 Å². The molecule has 1 aliphatic rings. The zero-order chi connectivity index (χ0) is 18.8. The summed E-state index contributed by atoms with van der Waals surface area (Å²) >= 11 is 1.67. The van der Waals surface area contributed by atoms with E-state index in [0.29, 0.717) is 6.54 Å². The molecule has 0 saturated carbocycles. The van der Waals surface area contributed by atoms with Crippen molar-refractivity contribution in [2.75, 3.05) is 13.2 Å². The summed E-state index contributed by atoms with van der Waals surface area (Å²) in [5.41, 5.74) is 0.920. The highest BCUT2D eigenvalue weighted by molar-refractivity contribution is 7.10. The third kappa shape index (κ3) is 3.32. The zero-order valence-electron chi connectivity index (χ0n) is 14.4. The molecule has 0 aliphatic carbocycles. The first-order chi connectivity index (χ1) is 12.4. The standard InChI is InChI=1S/C18H18N2O5S/c1-3-25-18(22)13-8-12(9-14(10-13)20(23)24)17(21)19-6-4-16-15(11(19)2)5-7-26-16/h5,7-11H,3-4,6H2,1-2H3. The van der Waals surface area contributed by atoms with Crippen molar-refractivity contribution in [3.8, 4) is 0 Å². The summed E-state index contributed by atoms with van der Waals surface area (Å²) in [6, 6.07) is 5.58.